The van der Waals surface area contributed by atoms with Gasteiger partial charge in [-0.05, 0) is 41.0 Å². The van der Waals surface area contributed by atoms with E-state index in [4.69, 9.17) is 5.11 Å². The van der Waals surface area contributed by atoms with Crippen LogP contribution >= 0.6 is 0 Å². The Morgan fingerprint density at radius 3 is 2.18 bits per heavy atom. The van der Waals surface area contributed by atoms with E-state index in [2.05, 4.69) is 4.74 Å². The summed E-state index contributed by atoms with van der Waals surface area (Å²) in [4.78, 5) is 10.7. The number of halogens is 4. The van der Waals surface area contributed by atoms with Gasteiger partial charge in [-0.3, -0.25) is 4.79 Å². The smallest absolute Gasteiger partial charge is 0.481 e. The number of carbonyl (C=O) groups is 1. The van der Waals surface area contributed by atoms with Crippen LogP contribution in [0.25, 0.3) is 11.1 Å². The molecule has 0 aliphatic carbocycles. The lowest BCUT2D eigenvalue weighted by molar-refractivity contribution is -0.274. The molecule has 0 aromatic heterocycles. The molecule has 0 saturated carbocycles. The largest absolute Gasteiger partial charge is 0.573 e. The van der Waals surface area contributed by atoms with E-state index in [1.807, 2.05) is 0 Å². The highest BCUT2D eigenvalue weighted by Gasteiger charge is 2.30. The van der Waals surface area contributed by atoms with E-state index in [1.54, 1.807) is 0 Å². The first kappa shape index (κ1) is 15.8. The summed E-state index contributed by atoms with van der Waals surface area (Å²) in [6, 6.07) is 8.89. The number of carboxylic acid groups (broad SMARTS) is 1. The van der Waals surface area contributed by atoms with Gasteiger partial charge in [0.1, 0.15) is 11.6 Å². The Kier molecular flexibility index (Phi) is 4.35. The fraction of sp³-hybridized carbons (Fsp3) is 0.133. The Balaban J connectivity index is 2.26. The van der Waals surface area contributed by atoms with E-state index in [0.29, 0.717) is 11.1 Å². The second kappa shape index (κ2) is 6.05. The van der Waals surface area contributed by atoms with Crippen molar-refractivity contribution in [1.82, 2.24) is 0 Å². The molecule has 0 aliphatic rings. The fourth-order valence-corrected chi connectivity index (χ4v) is 1.90. The third kappa shape index (κ3) is 4.21. The summed E-state index contributed by atoms with van der Waals surface area (Å²) < 4.78 is 53.4. The van der Waals surface area contributed by atoms with Gasteiger partial charge in [-0.2, -0.15) is 0 Å². The average molecular weight is 314 g/mol. The van der Waals surface area contributed by atoms with Gasteiger partial charge in [0.2, 0.25) is 0 Å². The second-order valence-corrected chi connectivity index (χ2v) is 4.45. The summed E-state index contributed by atoms with van der Waals surface area (Å²) in [5.74, 6) is -2.20. The summed E-state index contributed by atoms with van der Waals surface area (Å²) in [6.07, 6.45) is -5.25. The van der Waals surface area contributed by atoms with Crippen LogP contribution in [0, 0.1) is 5.82 Å². The zero-order valence-electron chi connectivity index (χ0n) is 11.0. The lowest BCUT2D eigenvalue weighted by Gasteiger charge is -2.10. The van der Waals surface area contributed by atoms with E-state index in [0.717, 1.165) is 18.2 Å². The predicted molar refractivity (Wildman–Crippen MR) is 69.9 cm³/mol. The maximum Gasteiger partial charge on any atom is 0.573 e. The van der Waals surface area contributed by atoms with Gasteiger partial charge in [-0.15, -0.1) is 13.2 Å². The molecule has 1 N–H and O–H groups in total. The highest BCUT2D eigenvalue weighted by atomic mass is 19.4. The van der Waals surface area contributed by atoms with Crippen LogP contribution in [0.2, 0.25) is 0 Å². The minimum Gasteiger partial charge on any atom is -0.481 e. The molecule has 2 aromatic carbocycles. The van der Waals surface area contributed by atoms with Crippen LogP contribution in [-0.2, 0) is 11.2 Å². The molecule has 0 unspecified atom stereocenters. The first-order valence-corrected chi connectivity index (χ1v) is 6.11. The Bertz CT molecular complexity index is 678. The molecule has 0 spiro atoms. The lowest BCUT2D eigenvalue weighted by atomic mass is 10.0. The summed E-state index contributed by atoms with van der Waals surface area (Å²) in [7, 11) is 0. The Morgan fingerprint density at radius 2 is 1.64 bits per heavy atom. The molecule has 0 amide bonds. The molecule has 116 valence electrons. The van der Waals surface area contributed by atoms with E-state index < -0.39 is 24.6 Å². The maximum absolute atomic E-state index is 13.5. The van der Waals surface area contributed by atoms with E-state index in [9.17, 15) is 22.4 Å². The van der Waals surface area contributed by atoms with Crippen LogP contribution in [0.1, 0.15) is 5.56 Å². The van der Waals surface area contributed by atoms with Crippen molar-refractivity contribution in [3.05, 3.63) is 53.8 Å². The standard InChI is InChI=1S/C15H10F4O3/c16-13-6-3-10(7-11(13)8-14(20)21)9-1-4-12(5-2-9)22-15(17,18)19/h1-7H,8H2,(H,20,21). The van der Waals surface area contributed by atoms with E-state index in [1.165, 1.54) is 24.3 Å². The van der Waals surface area contributed by atoms with Gasteiger partial charge in [0.05, 0.1) is 6.42 Å². The lowest BCUT2D eigenvalue weighted by Crippen LogP contribution is -2.16. The van der Waals surface area contributed by atoms with Crippen LogP contribution in [0.15, 0.2) is 42.5 Å². The van der Waals surface area contributed by atoms with Gasteiger partial charge < -0.3 is 9.84 Å². The minimum atomic E-state index is -4.77. The van der Waals surface area contributed by atoms with Crippen LogP contribution in [0.5, 0.6) is 5.75 Å². The third-order valence-electron chi connectivity index (χ3n) is 2.81. The molecule has 7 heteroatoms. The first-order valence-electron chi connectivity index (χ1n) is 6.11. The fourth-order valence-electron chi connectivity index (χ4n) is 1.90. The Hall–Kier alpha value is -2.57. The number of hydrogen-bond acceptors (Lipinski definition) is 2. The molecule has 0 aliphatic heterocycles. The summed E-state index contributed by atoms with van der Waals surface area (Å²) in [6.45, 7) is 0. The summed E-state index contributed by atoms with van der Waals surface area (Å²) in [5.41, 5.74) is 1.01. The number of hydrogen-bond donors (Lipinski definition) is 1. The number of aliphatic carboxylic acids is 1. The summed E-state index contributed by atoms with van der Waals surface area (Å²) >= 11 is 0. The van der Waals surface area contributed by atoms with Gasteiger partial charge >= 0.3 is 12.3 Å². The van der Waals surface area contributed by atoms with Crippen molar-refractivity contribution in [3.63, 3.8) is 0 Å². The number of rotatable bonds is 4. The molecule has 0 heterocycles. The third-order valence-corrected chi connectivity index (χ3v) is 2.81. The van der Waals surface area contributed by atoms with Crippen molar-refractivity contribution < 1.29 is 32.2 Å². The predicted octanol–water partition coefficient (Wildman–Crippen LogP) is 4.02. The molecule has 0 atom stereocenters. The second-order valence-electron chi connectivity index (χ2n) is 4.45. The number of benzene rings is 2. The SMILES string of the molecule is O=C(O)Cc1cc(-c2ccc(OC(F)(F)F)cc2)ccc1F. The molecule has 0 radical (unpaired) electrons. The van der Waals surface area contributed by atoms with Crippen molar-refractivity contribution in [3.8, 4) is 16.9 Å². The van der Waals surface area contributed by atoms with Gasteiger partial charge in [0.15, 0.2) is 0 Å². The maximum atomic E-state index is 13.5. The van der Waals surface area contributed by atoms with Gasteiger partial charge in [-0.1, -0.05) is 18.2 Å². The van der Waals surface area contributed by atoms with Crippen molar-refractivity contribution in [2.24, 2.45) is 0 Å². The minimum absolute atomic E-state index is 0.000572. The van der Waals surface area contributed by atoms with Gasteiger partial charge in [-0.25, -0.2) is 4.39 Å². The molecular weight excluding hydrogens is 304 g/mol. The number of ether oxygens (including phenoxy) is 1. The zero-order valence-corrected chi connectivity index (χ0v) is 11.0. The van der Waals surface area contributed by atoms with Gasteiger partial charge in [0, 0.05) is 0 Å². The monoisotopic (exact) mass is 314 g/mol. The molecule has 0 bridgehead atoms. The number of alkyl halides is 3. The molecule has 2 rings (SSSR count). The normalized spacial score (nSPS) is 11.3. The van der Waals surface area contributed by atoms with Crippen LogP contribution in [0.4, 0.5) is 17.6 Å². The topological polar surface area (TPSA) is 46.5 Å². The van der Waals surface area contributed by atoms with Crippen LogP contribution < -0.4 is 4.74 Å². The molecule has 0 saturated heterocycles. The van der Waals surface area contributed by atoms with Crippen LogP contribution in [-0.4, -0.2) is 17.4 Å². The van der Waals surface area contributed by atoms with E-state index >= 15 is 0 Å². The number of carboxylic acids is 1. The van der Waals surface area contributed by atoms with Crippen molar-refractivity contribution >= 4 is 5.97 Å². The van der Waals surface area contributed by atoms with Gasteiger partial charge in [0.25, 0.3) is 0 Å². The van der Waals surface area contributed by atoms with Crippen molar-refractivity contribution in [1.29, 1.82) is 0 Å². The molecule has 2 aromatic rings. The van der Waals surface area contributed by atoms with Crippen molar-refractivity contribution in [2.45, 2.75) is 12.8 Å². The Labute approximate surface area is 122 Å². The highest BCUT2D eigenvalue weighted by Crippen LogP contribution is 2.27. The van der Waals surface area contributed by atoms with Crippen molar-refractivity contribution in [2.75, 3.05) is 0 Å². The van der Waals surface area contributed by atoms with Crippen LogP contribution in [0.3, 0.4) is 0 Å². The van der Waals surface area contributed by atoms with E-state index in [-0.39, 0.29) is 11.3 Å². The Morgan fingerprint density at radius 1 is 1.05 bits per heavy atom. The first-order chi connectivity index (χ1) is 10.2. The summed E-state index contributed by atoms with van der Waals surface area (Å²) in [5, 5.41) is 8.71. The molecule has 3 nitrogen and oxygen atoms in total. The average Bonchev–Trinajstić information content (AvgIpc) is 2.40. The zero-order chi connectivity index (χ0) is 16.3. The highest BCUT2D eigenvalue weighted by molar-refractivity contribution is 5.72. The molecule has 0 fully saturated rings. The molecule has 22 heavy (non-hydrogen) atoms. The quantitative estimate of drug-likeness (QED) is 0.867. The molecular formula is C15H10F4O3.